The number of pyridine rings is 1. The van der Waals surface area contributed by atoms with Gasteiger partial charge >= 0.3 is 0 Å². The van der Waals surface area contributed by atoms with Crippen molar-refractivity contribution >= 4 is 23.0 Å². The Morgan fingerprint density at radius 3 is 2.38 bits per heavy atom. The van der Waals surface area contributed by atoms with Gasteiger partial charge in [-0.2, -0.15) is 0 Å². The molecule has 0 aliphatic carbocycles. The van der Waals surface area contributed by atoms with Gasteiger partial charge in [-0.05, 0) is 49.7 Å². The van der Waals surface area contributed by atoms with Crippen molar-refractivity contribution in [3.63, 3.8) is 0 Å². The van der Waals surface area contributed by atoms with Gasteiger partial charge in [0.15, 0.2) is 0 Å². The number of para-hydroxylation sites is 1. The van der Waals surface area contributed by atoms with Crippen LogP contribution in [0.4, 0.5) is 17.1 Å². The Balaban J connectivity index is 1.69. The van der Waals surface area contributed by atoms with Crippen LogP contribution in [0.15, 0.2) is 66.9 Å². The maximum atomic E-state index is 12.3. The summed E-state index contributed by atoms with van der Waals surface area (Å²) in [5.41, 5.74) is 5.20. The number of hydrogen-bond donors (Lipinski definition) is 2. The highest BCUT2D eigenvalue weighted by Gasteiger charge is 2.09. The number of hydrogen-bond acceptors (Lipinski definition) is 3. The first-order valence-corrected chi connectivity index (χ1v) is 7.78. The summed E-state index contributed by atoms with van der Waals surface area (Å²) in [7, 11) is 0. The minimum absolute atomic E-state index is 0.215. The lowest BCUT2D eigenvalue weighted by Gasteiger charge is -2.10. The number of nitrogens with one attached hydrogen (secondary N) is 2. The van der Waals surface area contributed by atoms with Crippen molar-refractivity contribution in [3.05, 3.63) is 83.7 Å². The molecule has 24 heavy (non-hydrogen) atoms. The first-order valence-electron chi connectivity index (χ1n) is 7.78. The highest BCUT2D eigenvalue weighted by molar-refractivity contribution is 6.03. The van der Waals surface area contributed by atoms with E-state index in [4.69, 9.17) is 0 Å². The van der Waals surface area contributed by atoms with Crippen molar-refractivity contribution in [3.8, 4) is 0 Å². The van der Waals surface area contributed by atoms with Crippen LogP contribution < -0.4 is 10.6 Å². The van der Waals surface area contributed by atoms with E-state index >= 15 is 0 Å². The van der Waals surface area contributed by atoms with Crippen LogP contribution >= 0.6 is 0 Å². The number of carbonyl (C=O) groups excluding carboxylic acids is 1. The molecule has 2 N–H and O–H groups in total. The Kier molecular flexibility index (Phi) is 4.57. The molecule has 0 aliphatic rings. The van der Waals surface area contributed by atoms with Crippen LogP contribution in [-0.4, -0.2) is 10.9 Å². The van der Waals surface area contributed by atoms with Crippen LogP contribution in [0.2, 0.25) is 0 Å². The van der Waals surface area contributed by atoms with Crippen LogP contribution in [0, 0.1) is 13.8 Å². The van der Waals surface area contributed by atoms with Crippen molar-refractivity contribution in [1.82, 2.24) is 4.98 Å². The molecule has 0 unspecified atom stereocenters. The molecule has 4 nitrogen and oxygen atoms in total. The zero-order chi connectivity index (χ0) is 16.9. The fraction of sp³-hybridized carbons (Fsp3) is 0.100. The number of aromatic nitrogens is 1. The Labute approximate surface area is 141 Å². The monoisotopic (exact) mass is 317 g/mol. The summed E-state index contributed by atoms with van der Waals surface area (Å²) in [6, 6.07) is 19.3. The molecule has 1 heterocycles. The lowest BCUT2D eigenvalue weighted by molar-refractivity contribution is 0.102. The largest absolute Gasteiger partial charge is 0.354 e. The minimum Gasteiger partial charge on any atom is -0.354 e. The molecule has 0 saturated carbocycles. The minimum atomic E-state index is -0.215. The molecular weight excluding hydrogens is 298 g/mol. The van der Waals surface area contributed by atoms with E-state index in [1.54, 1.807) is 12.3 Å². The summed E-state index contributed by atoms with van der Waals surface area (Å²) in [5.74, 6) is -0.215. The molecule has 0 saturated heterocycles. The van der Waals surface area contributed by atoms with E-state index in [1.165, 1.54) is 5.56 Å². The second kappa shape index (κ2) is 6.96. The number of benzene rings is 2. The van der Waals surface area contributed by atoms with Gasteiger partial charge in [-0.25, -0.2) is 4.98 Å². The van der Waals surface area contributed by atoms with Crippen molar-refractivity contribution in [1.29, 1.82) is 0 Å². The number of amides is 1. The van der Waals surface area contributed by atoms with Gasteiger partial charge < -0.3 is 10.6 Å². The van der Waals surface area contributed by atoms with E-state index in [9.17, 15) is 4.79 Å². The summed E-state index contributed by atoms with van der Waals surface area (Å²) < 4.78 is 0. The molecule has 0 bridgehead atoms. The van der Waals surface area contributed by atoms with E-state index in [0.29, 0.717) is 5.69 Å². The first kappa shape index (κ1) is 15.7. The van der Waals surface area contributed by atoms with Gasteiger partial charge in [-0.3, -0.25) is 4.79 Å². The molecule has 4 heteroatoms. The molecule has 1 aromatic heterocycles. The van der Waals surface area contributed by atoms with Gasteiger partial charge in [0.25, 0.3) is 5.91 Å². The predicted octanol–water partition coefficient (Wildman–Crippen LogP) is 4.69. The number of rotatable bonds is 4. The van der Waals surface area contributed by atoms with Crippen LogP contribution in [0.1, 0.15) is 21.6 Å². The summed E-state index contributed by atoms with van der Waals surface area (Å²) in [4.78, 5) is 16.6. The SMILES string of the molecule is Cc1ccc(NC(=O)c2ccc(Nc3ccccc3)cn2)c(C)c1. The number of carbonyl (C=O) groups is 1. The fourth-order valence-corrected chi connectivity index (χ4v) is 2.43. The summed E-state index contributed by atoms with van der Waals surface area (Å²) in [6.07, 6.45) is 1.66. The predicted molar refractivity (Wildman–Crippen MR) is 97.8 cm³/mol. The molecule has 0 aliphatic heterocycles. The van der Waals surface area contributed by atoms with Gasteiger partial charge in [-0.1, -0.05) is 35.9 Å². The van der Waals surface area contributed by atoms with Crippen LogP contribution in [-0.2, 0) is 0 Å². The van der Waals surface area contributed by atoms with Crippen molar-refractivity contribution in [2.75, 3.05) is 10.6 Å². The van der Waals surface area contributed by atoms with Crippen LogP contribution in [0.5, 0.6) is 0 Å². The van der Waals surface area contributed by atoms with Gasteiger partial charge in [-0.15, -0.1) is 0 Å². The second-order valence-electron chi connectivity index (χ2n) is 5.70. The van der Waals surface area contributed by atoms with Gasteiger partial charge in [0, 0.05) is 11.4 Å². The average Bonchev–Trinajstić information content (AvgIpc) is 2.59. The molecule has 2 aromatic carbocycles. The van der Waals surface area contributed by atoms with Gasteiger partial charge in [0.2, 0.25) is 0 Å². The Hall–Kier alpha value is -3.14. The lowest BCUT2D eigenvalue weighted by Crippen LogP contribution is -2.14. The Morgan fingerprint density at radius 1 is 0.917 bits per heavy atom. The third-order valence-corrected chi connectivity index (χ3v) is 3.69. The maximum absolute atomic E-state index is 12.3. The number of nitrogens with zero attached hydrogens (tertiary/aromatic N) is 1. The Morgan fingerprint density at radius 2 is 1.71 bits per heavy atom. The standard InChI is InChI=1S/C20H19N3O/c1-14-8-10-18(15(2)12-14)23-20(24)19-11-9-17(13-21-19)22-16-6-4-3-5-7-16/h3-13,22H,1-2H3,(H,23,24). The molecule has 3 rings (SSSR count). The molecule has 0 spiro atoms. The summed E-state index contributed by atoms with van der Waals surface area (Å²) in [6.45, 7) is 4.00. The Bertz CT molecular complexity index is 843. The highest BCUT2D eigenvalue weighted by atomic mass is 16.1. The van der Waals surface area contributed by atoms with E-state index in [-0.39, 0.29) is 5.91 Å². The second-order valence-corrected chi connectivity index (χ2v) is 5.70. The van der Waals surface area contributed by atoms with E-state index in [1.807, 2.05) is 68.4 Å². The lowest BCUT2D eigenvalue weighted by atomic mass is 10.1. The number of aryl methyl sites for hydroxylation is 2. The zero-order valence-corrected chi connectivity index (χ0v) is 13.7. The molecule has 3 aromatic rings. The molecular formula is C20H19N3O. The third kappa shape index (κ3) is 3.79. The quantitative estimate of drug-likeness (QED) is 0.733. The third-order valence-electron chi connectivity index (χ3n) is 3.69. The van der Waals surface area contributed by atoms with Crippen LogP contribution in [0.3, 0.4) is 0 Å². The zero-order valence-electron chi connectivity index (χ0n) is 13.7. The fourth-order valence-electron chi connectivity index (χ4n) is 2.43. The molecule has 0 atom stereocenters. The van der Waals surface area contributed by atoms with Crippen LogP contribution in [0.25, 0.3) is 0 Å². The smallest absolute Gasteiger partial charge is 0.274 e. The van der Waals surface area contributed by atoms with Crippen molar-refractivity contribution < 1.29 is 4.79 Å². The molecule has 0 fully saturated rings. The topological polar surface area (TPSA) is 54.0 Å². The van der Waals surface area contributed by atoms with E-state index < -0.39 is 0 Å². The molecule has 0 radical (unpaired) electrons. The van der Waals surface area contributed by atoms with E-state index in [0.717, 1.165) is 22.6 Å². The van der Waals surface area contributed by atoms with Gasteiger partial charge in [0.1, 0.15) is 5.69 Å². The van der Waals surface area contributed by atoms with E-state index in [2.05, 4.69) is 15.6 Å². The van der Waals surface area contributed by atoms with Gasteiger partial charge in [0.05, 0.1) is 11.9 Å². The first-order chi connectivity index (χ1) is 11.6. The number of anilines is 3. The average molecular weight is 317 g/mol. The maximum Gasteiger partial charge on any atom is 0.274 e. The molecule has 1 amide bonds. The summed E-state index contributed by atoms with van der Waals surface area (Å²) >= 11 is 0. The van der Waals surface area contributed by atoms with Crippen molar-refractivity contribution in [2.24, 2.45) is 0 Å². The highest BCUT2D eigenvalue weighted by Crippen LogP contribution is 2.18. The normalized spacial score (nSPS) is 10.2. The molecule has 120 valence electrons. The summed E-state index contributed by atoms with van der Waals surface area (Å²) in [5, 5.41) is 6.14. The van der Waals surface area contributed by atoms with Crippen molar-refractivity contribution in [2.45, 2.75) is 13.8 Å².